The molecule has 0 saturated carbocycles. The molecule has 0 saturated heterocycles. The second-order valence-electron chi connectivity index (χ2n) is 5.96. The maximum Gasteiger partial charge on any atom is 0.0870 e. The summed E-state index contributed by atoms with van der Waals surface area (Å²) < 4.78 is 0. The highest BCUT2D eigenvalue weighted by Crippen LogP contribution is 2.39. The maximum absolute atomic E-state index is 10.7. The Morgan fingerprint density at radius 1 is 1.19 bits per heavy atom. The van der Waals surface area contributed by atoms with E-state index < -0.39 is 5.60 Å². The van der Waals surface area contributed by atoms with Crippen molar-refractivity contribution in [2.24, 2.45) is 5.41 Å². The normalized spacial score (nSPS) is 23.4. The van der Waals surface area contributed by atoms with E-state index >= 15 is 0 Å². The smallest absolute Gasteiger partial charge is 0.0870 e. The third-order valence-electron chi connectivity index (χ3n) is 3.97. The van der Waals surface area contributed by atoms with Gasteiger partial charge in [-0.3, -0.25) is 0 Å². The van der Waals surface area contributed by atoms with Crippen LogP contribution in [-0.4, -0.2) is 16.7 Å². The molecule has 2 heteroatoms. The summed E-state index contributed by atoms with van der Waals surface area (Å²) in [5.74, 6) is 0. The molecule has 1 heterocycles. The second kappa shape index (κ2) is 3.49. The van der Waals surface area contributed by atoms with Crippen LogP contribution < -0.4 is 5.32 Å². The van der Waals surface area contributed by atoms with E-state index in [1.54, 1.807) is 0 Å². The van der Waals surface area contributed by atoms with Crippen LogP contribution >= 0.6 is 0 Å². The molecule has 0 radical (unpaired) electrons. The highest BCUT2D eigenvalue weighted by molar-refractivity contribution is 5.57. The lowest BCUT2D eigenvalue weighted by molar-refractivity contribution is -0.0548. The van der Waals surface area contributed by atoms with Gasteiger partial charge in [0, 0.05) is 5.69 Å². The van der Waals surface area contributed by atoms with Gasteiger partial charge in [0.1, 0.15) is 0 Å². The lowest BCUT2D eigenvalue weighted by Gasteiger charge is -2.42. The average molecular weight is 219 g/mol. The SMILES string of the molecule is CC(C)(C)C(C)(O)C1Cc2ccccc2N1. The number of rotatable bonds is 1. The van der Waals surface area contributed by atoms with Gasteiger partial charge >= 0.3 is 0 Å². The number of hydrogen-bond donors (Lipinski definition) is 2. The lowest BCUT2D eigenvalue weighted by Crippen LogP contribution is -2.52. The fraction of sp³-hybridized carbons (Fsp3) is 0.571. The summed E-state index contributed by atoms with van der Waals surface area (Å²) >= 11 is 0. The summed E-state index contributed by atoms with van der Waals surface area (Å²) in [7, 11) is 0. The minimum atomic E-state index is -0.716. The first-order chi connectivity index (χ1) is 7.32. The van der Waals surface area contributed by atoms with E-state index in [1.165, 1.54) is 5.56 Å². The number of aliphatic hydroxyl groups is 1. The summed E-state index contributed by atoms with van der Waals surface area (Å²) in [5, 5.41) is 14.1. The predicted octanol–water partition coefficient (Wildman–Crippen LogP) is 2.82. The van der Waals surface area contributed by atoms with Crippen molar-refractivity contribution in [1.82, 2.24) is 0 Å². The number of hydrogen-bond acceptors (Lipinski definition) is 2. The summed E-state index contributed by atoms with van der Waals surface area (Å²) in [5.41, 5.74) is 1.62. The molecule has 2 N–H and O–H groups in total. The summed E-state index contributed by atoms with van der Waals surface area (Å²) in [6.45, 7) is 8.17. The molecule has 2 atom stereocenters. The fourth-order valence-electron chi connectivity index (χ4n) is 2.16. The van der Waals surface area contributed by atoms with Crippen LogP contribution in [0.15, 0.2) is 24.3 Å². The minimum Gasteiger partial charge on any atom is -0.387 e. The number of benzene rings is 1. The Kier molecular flexibility index (Phi) is 2.50. The van der Waals surface area contributed by atoms with Gasteiger partial charge in [-0.2, -0.15) is 0 Å². The zero-order valence-electron chi connectivity index (χ0n) is 10.5. The summed E-state index contributed by atoms with van der Waals surface area (Å²) in [6, 6.07) is 8.38. The van der Waals surface area contributed by atoms with Crippen molar-refractivity contribution in [3.05, 3.63) is 29.8 Å². The summed E-state index contributed by atoms with van der Waals surface area (Å²) in [6.07, 6.45) is 0.903. The van der Waals surface area contributed by atoms with Gasteiger partial charge in [0.15, 0.2) is 0 Å². The number of fused-ring (bicyclic) bond motifs is 1. The largest absolute Gasteiger partial charge is 0.387 e. The van der Waals surface area contributed by atoms with Crippen LogP contribution in [0.1, 0.15) is 33.3 Å². The van der Waals surface area contributed by atoms with Gasteiger partial charge in [0.2, 0.25) is 0 Å². The Morgan fingerprint density at radius 2 is 1.81 bits per heavy atom. The zero-order chi connectivity index (χ0) is 12.0. The van der Waals surface area contributed by atoms with Crippen LogP contribution in [0.2, 0.25) is 0 Å². The molecule has 0 bridgehead atoms. The van der Waals surface area contributed by atoms with Crippen molar-refractivity contribution in [2.75, 3.05) is 5.32 Å². The van der Waals surface area contributed by atoms with Gasteiger partial charge < -0.3 is 10.4 Å². The molecule has 0 amide bonds. The monoisotopic (exact) mass is 219 g/mol. The van der Waals surface area contributed by atoms with Crippen LogP contribution in [0.5, 0.6) is 0 Å². The van der Waals surface area contributed by atoms with Gasteiger partial charge in [-0.15, -0.1) is 0 Å². The molecule has 1 aliphatic rings. The second-order valence-corrected chi connectivity index (χ2v) is 5.96. The third-order valence-corrected chi connectivity index (χ3v) is 3.97. The van der Waals surface area contributed by atoms with Gasteiger partial charge in [0.25, 0.3) is 0 Å². The highest BCUT2D eigenvalue weighted by atomic mass is 16.3. The highest BCUT2D eigenvalue weighted by Gasteiger charge is 2.44. The molecule has 0 aromatic heterocycles. The topological polar surface area (TPSA) is 32.3 Å². The van der Waals surface area contributed by atoms with Gasteiger partial charge in [0.05, 0.1) is 11.6 Å². The van der Waals surface area contributed by atoms with E-state index in [4.69, 9.17) is 0 Å². The van der Waals surface area contributed by atoms with Crippen molar-refractivity contribution >= 4 is 5.69 Å². The Labute approximate surface area is 97.7 Å². The van der Waals surface area contributed by atoms with Crippen molar-refractivity contribution in [3.8, 4) is 0 Å². The molecule has 2 rings (SSSR count). The standard InChI is InChI=1S/C14H21NO/c1-13(2,3)14(4,16)12-9-10-7-5-6-8-11(10)15-12/h5-8,12,15-16H,9H2,1-4H3. The molecule has 1 aliphatic heterocycles. The molecule has 2 unspecified atom stereocenters. The molecule has 1 aromatic rings. The molecule has 1 aromatic carbocycles. The quantitative estimate of drug-likeness (QED) is 0.761. The number of para-hydroxylation sites is 1. The third kappa shape index (κ3) is 1.71. The molecule has 88 valence electrons. The van der Waals surface area contributed by atoms with Crippen LogP contribution in [0, 0.1) is 5.41 Å². The Morgan fingerprint density at radius 3 is 2.38 bits per heavy atom. The van der Waals surface area contributed by atoms with Crippen LogP contribution in [0.25, 0.3) is 0 Å². The molecule has 0 fully saturated rings. The van der Waals surface area contributed by atoms with Crippen molar-refractivity contribution in [3.63, 3.8) is 0 Å². The van der Waals surface area contributed by atoms with Crippen LogP contribution in [0.4, 0.5) is 5.69 Å². The zero-order valence-corrected chi connectivity index (χ0v) is 10.5. The Balaban J connectivity index is 2.24. The Bertz CT molecular complexity index is 365. The minimum absolute atomic E-state index is 0.102. The first-order valence-electron chi connectivity index (χ1n) is 5.89. The van der Waals surface area contributed by atoms with E-state index in [0.29, 0.717) is 0 Å². The molecule has 2 nitrogen and oxygen atoms in total. The molecular formula is C14H21NO. The average Bonchev–Trinajstić information content (AvgIpc) is 2.59. The van der Waals surface area contributed by atoms with E-state index in [-0.39, 0.29) is 11.5 Å². The maximum atomic E-state index is 10.7. The van der Waals surface area contributed by atoms with Gasteiger partial charge in [-0.05, 0) is 30.4 Å². The van der Waals surface area contributed by atoms with Crippen molar-refractivity contribution < 1.29 is 5.11 Å². The first kappa shape index (κ1) is 11.5. The first-order valence-corrected chi connectivity index (χ1v) is 5.89. The van der Waals surface area contributed by atoms with Crippen LogP contribution in [-0.2, 0) is 6.42 Å². The van der Waals surface area contributed by atoms with E-state index in [2.05, 4.69) is 44.3 Å². The number of anilines is 1. The molecule has 0 spiro atoms. The van der Waals surface area contributed by atoms with Crippen molar-refractivity contribution in [1.29, 1.82) is 0 Å². The van der Waals surface area contributed by atoms with E-state index in [9.17, 15) is 5.11 Å². The van der Waals surface area contributed by atoms with Gasteiger partial charge in [-0.25, -0.2) is 0 Å². The van der Waals surface area contributed by atoms with Crippen LogP contribution in [0.3, 0.4) is 0 Å². The van der Waals surface area contributed by atoms with E-state index in [0.717, 1.165) is 12.1 Å². The lowest BCUT2D eigenvalue weighted by atomic mass is 9.72. The predicted molar refractivity (Wildman–Crippen MR) is 67.6 cm³/mol. The Hall–Kier alpha value is -1.02. The van der Waals surface area contributed by atoms with Crippen molar-refractivity contribution in [2.45, 2.75) is 45.8 Å². The molecule has 0 aliphatic carbocycles. The van der Waals surface area contributed by atoms with Gasteiger partial charge in [-0.1, -0.05) is 39.0 Å². The number of nitrogens with one attached hydrogen (secondary N) is 1. The summed E-state index contributed by atoms with van der Waals surface area (Å²) in [4.78, 5) is 0. The molecular weight excluding hydrogens is 198 g/mol. The molecule has 16 heavy (non-hydrogen) atoms. The van der Waals surface area contributed by atoms with E-state index in [1.807, 2.05) is 13.0 Å². The fourth-order valence-corrected chi connectivity index (χ4v) is 2.16.